The largest absolute Gasteiger partial charge is 0.481 e. The van der Waals surface area contributed by atoms with E-state index >= 15 is 0 Å². The van der Waals surface area contributed by atoms with Gasteiger partial charge in [0.05, 0.1) is 0 Å². The second kappa shape index (κ2) is 6.85. The summed E-state index contributed by atoms with van der Waals surface area (Å²) < 4.78 is 18.3. The molecule has 1 amide bonds. The number of para-hydroxylation sites is 1. The summed E-state index contributed by atoms with van der Waals surface area (Å²) in [7, 11) is 0. The van der Waals surface area contributed by atoms with Crippen LogP contribution >= 0.6 is 11.3 Å². The van der Waals surface area contributed by atoms with Gasteiger partial charge in [-0.05, 0) is 23.6 Å². The number of thiophene rings is 1. The zero-order valence-electron chi connectivity index (χ0n) is 10.8. The average Bonchev–Trinajstić information content (AvgIpc) is 2.97. The van der Waals surface area contributed by atoms with Gasteiger partial charge in [-0.15, -0.1) is 11.3 Å². The molecule has 0 saturated carbocycles. The molecule has 0 fully saturated rings. The number of carboxylic acid groups (broad SMARTS) is 1. The van der Waals surface area contributed by atoms with E-state index in [4.69, 9.17) is 9.84 Å². The first-order valence-electron chi connectivity index (χ1n) is 6.01. The lowest BCUT2D eigenvalue weighted by Crippen LogP contribution is -2.36. The molecule has 0 spiro atoms. The highest BCUT2D eigenvalue weighted by Gasteiger charge is 2.23. The van der Waals surface area contributed by atoms with Gasteiger partial charge in [0.15, 0.2) is 24.2 Å². The van der Waals surface area contributed by atoms with E-state index in [2.05, 4.69) is 5.32 Å². The zero-order valence-corrected chi connectivity index (χ0v) is 11.6. The number of benzene rings is 1. The van der Waals surface area contributed by atoms with Crippen molar-refractivity contribution in [3.63, 3.8) is 0 Å². The fourth-order valence-electron chi connectivity index (χ4n) is 1.62. The molecule has 2 aromatic rings. The quantitative estimate of drug-likeness (QED) is 0.858. The minimum atomic E-state index is -1.17. The van der Waals surface area contributed by atoms with E-state index in [0.717, 1.165) is 0 Å². The van der Waals surface area contributed by atoms with E-state index in [9.17, 15) is 14.0 Å². The monoisotopic (exact) mass is 309 g/mol. The third-order valence-electron chi connectivity index (χ3n) is 2.58. The Morgan fingerprint density at radius 1 is 1.29 bits per heavy atom. The van der Waals surface area contributed by atoms with Crippen LogP contribution in [0.2, 0.25) is 0 Å². The van der Waals surface area contributed by atoms with Gasteiger partial charge < -0.3 is 15.2 Å². The third kappa shape index (κ3) is 4.03. The number of carboxylic acids is 1. The summed E-state index contributed by atoms with van der Waals surface area (Å²) in [5.74, 6) is -2.45. The van der Waals surface area contributed by atoms with Crippen molar-refractivity contribution >= 4 is 23.2 Å². The lowest BCUT2D eigenvalue weighted by Gasteiger charge is -2.13. The van der Waals surface area contributed by atoms with Gasteiger partial charge in [-0.25, -0.2) is 9.18 Å². The molecule has 2 rings (SSSR count). The number of aliphatic carboxylic acids is 1. The first kappa shape index (κ1) is 15.0. The van der Waals surface area contributed by atoms with Crippen molar-refractivity contribution in [3.8, 4) is 5.75 Å². The van der Waals surface area contributed by atoms with Crippen molar-refractivity contribution in [3.05, 3.63) is 52.5 Å². The maximum atomic E-state index is 13.3. The molecule has 1 atom stereocenters. The summed E-state index contributed by atoms with van der Waals surface area (Å²) >= 11 is 1.22. The maximum absolute atomic E-state index is 13.3. The number of hydrogen-bond acceptors (Lipinski definition) is 4. The third-order valence-corrected chi connectivity index (χ3v) is 3.51. The van der Waals surface area contributed by atoms with Gasteiger partial charge in [-0.1, -0.05) is 18.2 Å². The summed E-state index contributed by atoms with van der Waals surface area (Å²) in [5.41, 5.74) is 0. The van der Waals surface area contributed by atoms with Gasteiger partial charge in [-0.3, -0.25) is 4.79 Å². The molecule has 1 unspecified atom stereocenters. The van der Waals surface area contributed by atoms with Gasteiger partial charge in [-0.2, -0.15) is 0 Å². The molecule has 1 aromatic heterocycles. The fourth-order valence-corrected chi connectivity index (χ4v) is 2.39. The molecule has 5 nitrogen and oxygen atoms in total. The minimum Gasteiger partial charge on any atom is -0.481 e. The number of carbonyl (C=O) groups is 2. The minimum absolute atomic E-state index is 0.0596. The zero-order chi connectivity index (χ0) is 15.2. The van der Waals surface area contributed by atoms with Crippen molar-refractivity contribution in [2.24, 2.45) is 0 Å². The van der Waals surface area contributed by atoms with Crippen LogP contribution in [0.5, 0.6) is 5.75 Å². The SMILES string of the molecule is O=C(COc1ccccc1F)NC(C(=O)O)c1cccs1. The topological polar surface area (TPSA) is 75.6 Å². The maximum Gasteiger partial charge on any atom is 0.331 e. The predicted molar refractivity (Wildman–Crippen MR) is 74.7 cm³/mol. The smallest absolute Gasteiger partial charge is 0.331 e. The first-order valence-corrected chi connectivity index (χ1v) is 6.89. The Kier molecular flexibility index (Phi) is 4.89. The Morgan fingerprint density at radius 3 is 2.67 bits per heavy atom. The Balaban J connectivity index is 1.94. The van der Waals surface area contributed by atoms with Crippen LogP contribution in [-0.2, 0) is 9.59 Å². The van der Waals surface area contributed by atoms with Crippen LogP contribution in [0.3, 0.4) is 0 Å². The Morgan fingerprint density at radius 2 is 2.05 bits per heavy atom. The fraction of sp³-hybridized carbons (Fsp3) is 0.143. The molecular weight excluding hydrogens is 297 g/mol. The molecule has 0 aliphatic heterocycles. The molecule has 0 aliphatic rings. The van der Waals surface area contributed by atoms with Crippen molar-refractivity contribution in [2.75, 3.05) is 6.61 Å². The van der Waals surface area contributed by atoms with E-state index in [1.54, 1.807) is 23.6 Å². The summed E-state index contributed by atoms with van der Waals surface area (Å²) in [6, 6.07) is 7.83. The van der Waals surface area contributed by atoms with Gasteiger partial charge in [0.25, 0.3) is 5.91 Å². The van der Waals surface area contributed by atoms with Crippen LogP contribution < -0.4 is 10.1 Å². The van der Waals surface area contributed by atoms with Gasteiger partial charge >= 0.3 is 5.97 Å². The second-order valence-corrected chi connectivity index (χ2v) is 5.05. The van der Waals surface area contributed by atoms with E-state index < -0.39 is 30.3 Å². The van der Waals surface area contributed by atoms with Crippen molar-refractivity contribution in [1.82, 2.24) is 5.32 Å². The molecule has 7 heteroatoms. The summed E-state index contributed by atoms with van der Waals surface area (Å²) in [4.78, 5) is 23.4. The van der Waals surface area contributed by atoms with E-state index in [1.165, 1.54) is 29.5 Å². The number of hydrogen-bond donors (Lipinski definition) is 2. The first-order chi connectivity index (χ1) is 10.1. The van der Waals surface area contributed by atoms with Gasteiger partial charge in [0.2, 0.25) is 0 Å². The second-order valence-electron chi connectivity index (χ2n) is 4.07. The van der Waals surface area contributed by atoms with Crippen LogP contribution in [0.15, 0.2) is 41.8 Å². The highest BCUT2D eigenvalue weighted by Crippen LogP contribution is 2.19. The number of amides is 1. The molecule has 0 aliphatic carbocycles. The number of nitrogens with one attached hydrogen (secondary N) is 1. The summed E-state index contributed by atoms with van der Waals surface area (Å²) in [5, 5.41) is 13.2. The Bertz CT molecular complexity index is 630. The average molecular weight is 309 g/mol. The molecule has 2 N–H and O–H groups in total. The van der Waals surface area contributed by atoms with Crippen LogP contribution in [0.25, 0.3) is 0 Å². The summed E-state index contributed by atoms with van der Waals surface area (Å²) in [6.45, 7) is -0.462. The number of ether oxygens (including phenoxy) is 1. The van der Waals surface area contributed by atoms with E-state index in [1.807, 2.05) is 0 Å². The molecular formula is C14H12FNO4S. The number of rotatable bonds is 6. The van der Waals surface area contributed by atoms with Crippen LogP contribution in [0.4, 0.5) is 4.39 Å². The molecule has 1 heterocycles. The molecule has 21 heavy (non-hydrogen) atoms. The van der Waals surface area contributed by atoms with Crippen molar-refractivity contribution < 1.29 is 23.8 Å². The molecule has 110 valence electrons. The van der Waals surface area contributed by atoms with Crippen molar-refractivity contribution in [1.29, 1.82) is 0 Å². The predicted octanol–water partition coefficient (Wildman–Crippen LogP) is 2.21. The molecule has 0 radical (unpaired) electrons. The highest BCUT2D eigenvalue weighted by molar-refractivity contribution is 7.10. The van der Waals surface area contributed by atoms with E-state index in [-0.39, 0.29) is 5.75 Å². The standard InChI is InChI=1S/C14H12FNO4S/c15-9-4-1-2-5-10(9)20-8-12(17)16-13(14(18)19)11-6-3-7-21-11/h1-7,13H,8H2,(H,16,17)(H,18,19). The van der Waals surface area contributed by atoms with Gasteiger partial charge in [0.1, 0.15) is 0 Å². The Hall–Kier alpha value is -2.41. The number of carbonyl (C=O) groups excluding carboxylic acids is 1. The van der Waals surface area contributed by atoms with Gasteiger partial charge in [0, 0.05) is 4.88 Å². The van der Waals surface area contributed by atoms with Crippen LogP contribution in [0, 0.1) is 5.82 Å². The summed E-state index contributed by atoms with van der Waals surface area (Å²) in [6.07, 6.45) is 0. The normalized spacial score (nSPS) is 11.7. The highest BCUT2D eigenvalue weighted by atomic mass is 32.1. The molecule has 1 aromatic carbocycles. The Labute approximate surface area is 124 Å². The van der Waals surface area contributed by atoms with E-state index in [0.29, 0.717) is 4.88 Å². The molecule has 0 saturated heterocycles. The number of halogens is 1. The molecule has 0 bridgehead atoms. The van der Waals surface area contributed by atoms with Crippen LogP contribution in [-0.4, -0.2) is 23.6 Å². The lowest BCUT2D eigenvalue weighted by atomic mass is 10.2. The van der Waals surface area contributed by atoms with Crippen LogP contribution in [0.1, 0.15) is 10.9 Å². The lowest BCUT2D eigenvalue weighted by molar-refractivity contribution is -0.142. The van der Waals surface area contributed by atoms with Crippen molar-refractivity contribution in [2.45, 2.75) is 6.04 Å².